The van der Waals surface area contributed by atoms with Crippen LogP contribution in [-0.2, 0) is 36.7 Å². The van der Waals surface area contributed by atoms with E-state index in [1.807, 2.05) is 0 Å². The molecule has 0 atom stereocenters. The number of aromatic nitrogens is 1. The molecule has 2 aliphatic carbocycles. The third kappa shape index (κ3) is 2.97. The first-order valence-electron chi connectivity index (χ1n) is 8.55. The molecule has 0 saturated heterocycles. The molecule has 4 heteroatoms. The number of benzene rings is 2. The number of hydrogen-bond acceptors (Lipinski definition) is 0. The SMILES string of the molecule is Cc1ccc2c(c1)c1c(n2C)-c2ccc[c]([Zr+2][C]3=CC=CC3)c2C1.[Cl-].[Cl-]. The number of allylic oxidation sites excluding steroid dienone is 4. The van der Waals surface area contributed by atoms with Crippen LogP contribution in [0.4, 0.5) is 0 Å². The van der Waals surface area contributed by atoms with E-state index < -0.39 is 23.2 Å². The maximum atomic E-state index is 2.40. The summed E-state index contributed by atoms with van der Waals surface area (Å²) < 4.78 is 5.77. The molecule has 1 heterocycles. The fraction of sp³-hybridized carbons (Fsp3) is 0.182. The van der Waals surface area contributed by atoms with Gasteiger partial charge < -0.3 is 24.8 Å². The molecule has 0 N–H and O–H groups in total. The Labute approximate surface area is 178 Å². The zero-order valence-electron chi connectivity index (χ0n) is 14.8. The summed E-state index contributed by atoms with van der Waals surface area (Å²) in [6, 6.07) is 13.9. The average Bonchev–Trinajstić information content (AvgIpc) is 3.26. The first-order valence-corrected chi connectivity index (χ1v) is 11.0. The van der Waals surface area contributed by atoms with E-state index in [9.17, 15) is 0 Å². The zero-order valence-corrected chi connectivity index (χ0v) is 18.8. The van der Waals surface area contributed by atoms with E-state index >= 15 is 0 Å². The van der Waals surface area contributed by atoms with Gasteiger partial charge in [-0.1, -0.05) is 0 Å². The minimum Gasteiger partial charge on any atom is -1.00 e. The molecule has 1 aromatic heterocycles. The van der Waals surface area contributed by atoms with Crippen LogP contribution < -0.4 is 28.1 Å². The normalized spacial score (nSPS) is 13.5. The smallest absolute Gasteiger partial charge is 1.00 e. The molecule has 3 aromatic rings. The van der Waals surface area contributed by atoms with Crippen molar-refractivity contribution in [2.24, 2.45) is 7.05 Å². The largest absolute Gasteiger partial charge is 1.00 e. The molecular weight excluding hydrogens is 440 g/mol. The van der Waals surface area contributed by atoms with E-state index in [0.29, 0.717) is 0 Å². The Morgan fingerprint density at radius 3 is 2.65 bits per heavy atom. The van der Waals surface area contributed by atoms with Crippen molar-refractivity contribution in [2.75, 3.05) is 0 Å². The first kappa shape index (κ1) is 19.7. The predicted molar refractivity (Wildman–Crippen MR) is 97.4 cm³/mol. The molecule has 2 aromatic carbocycles. The van der Waals surface area contributed by atoms with Crippen molar-refractivity contribution in [2.45, 2.75) is 19.8 Å². The molecule has 0 spiro atoms. The third-order valence-electron chi connectivity index (χ3n) is 5.31. The average molecular weight is 460 g/mol. The summed E-state index contributed by atoms with van der Waals surface area (Å²) in [5.74, 6) is 0. The number of fused-ring (bicyclic) bond motifs is 5. The number of aryl methyl sites for hydroxylation is 2. The molecule has 0 aliphatic heterocycles. The second-order valence-corrected chi connectivity index (χ2v) is 10.4. The third-order valence-corrected chi connectivity index (χ3v) is 8.83. The van der Waals surface area contributed by atoms with Crippen LogP contribution in [0.2, 0.25) is 0 Å². The Hall–Kier alpha value is -1.08. The summed E-state index contributed by atoms with van der Waals surface area (Å²) in [5, 5.41) is 1.45. The molecule has 5 rings (SSSR count). The second-order valence-electron chi connectivity index (χ2n) is 6.86. The summed E-state index contributed by atoms with van der Waals surface area (Å²) >= 11 is -0.649. The van der Waals surface area contributed by atoms with Crippen LogP contribution in [0.1, 0.15) is 23.1 Å². The van der Waals surface area contributed by atoms with E-state index in [4.69, 9.17) is 0 Å². The van der Waals surface area contributed by atoms with Crippen LogP contribution in [0.25, 0.3) is 22.2 Å². The van der Waals surface area contributed by atoms with Gasteiger partial charge >= 0.3 is 155 Å². The van der Waals surface area contributed by atoms with Crippen LogP contribution in [0.3, 0.4) is 0 Å². The number of hydrogen-bond donors (Lipinski definition) is 0. The summed E-state index contributed by atoms with van der Waals surface area (Å²) in [6.45, 7) is 2.19. The molecule has 0 unspecified atom stereocenters. The van der Waals surface area contributed by atoms with Gasteiger partial charge in [-0.05, 0) is 0 Å². The van der Waals surface area contributed by atoms with Gasteiger partial charge in [-0.3, -0.25) is 0 Å². The Bertz CT molecular complexity index is 1060. The molecule has 0 fully saturated rings. The van der Waals surface area contributed by atoms with Crippen LogP contribution in [-0.4, -0.2) is 4.57 Å². The molecule has 1 nitrogen and oxygen atoms in total. The van der Waals surface area contributed by atoms with Crippen LogP contribution >= 0.6 is 0 Å². The van der Waals surface area contributed by atoms with Gasteiger partial charge in [-0.25, -0.2) is 0 Å². The van der Waals surface area contributed by atoms with Crippen molar-refractivity contribution >= 4 is 14.2 Å². The molecule has 0 radical (unpaired) electrons. The standard InChI is InChI=1S/C17H14N.C5H5.2ClH.Zr/c1-11-7-8-16-14(9-11)15-10-12-5-3-4-6-13(12)17(15)18(16)2;1-2-4-5-3-1;;;/h3-4,6-9H,10H2,1-2H3;1-3H,4H2;2*1H;/q;;;;+2/p-2. The quantitative estimate of drug-likeness (QED) is 0.348. The second kappa shape index (κ2) is 7.51. The molecular formula is C22H19Cl2NZr. The van der Waals surface area contributed by atoms with Gasteiger partial charge in [0.2, 0.25) is 0 Å². The van der Waals surface area contributed by atoms with Gasteiger partial charge in [-0.15, -0.1) is 0 Å². The van der Waals surface area contributed by atoms with Gasteiger partial charge in [0, 0.05) is 0 Å². The van der Waals surface area contributed by atoms with Crippen molar-refractivity contribution in [1.29, 1.82) is 0 Å². The van der Waals surface area contributed by atoms with Crippen molar-refractivity contribution < 1.29 is 48.0 Å². The van der Waals surface area contributed by atoms with Crippen molar-refractivity contribution in [3.63, 3.8) is 0 Å². The monoisotopic (exact) mass is 457 g/mol. The van der Waals surface area contributed by atoms with Crippen molar-refractivity contribution in [1.82, 2.24) is 4.57 Å². The molecule has 0 amide bonds. The van der Waals surface area contributed by atoms with E-state index in [1.165, 1.54) is 39.7 Å². The summed E-state index contributed by atoms with van der Waals surface area (Å²) in [6.07, 6.45) is 9.18. The Morgan fingerprint density at radius 2 is 1.88 bits per heavy atom. The van der Waals surface area contributed by atoms with E-state index in [2.05, 4.69) is 73.2 Å². The van der Waals surface area contributed by atoms with Gasteiger partial charge in [0.05, 0.1) is 0 Å². The van der Waals surface area contributed by atoms with Gasteiger partial charge in [0.1, 0.15) is 0 Å². The first-order chi connectivity index (χ1) is 11.7. The number of rotatable bonds is 2. The van der Waals surface area contributed by atoms with Crippen LogP contribution in [0.15, 0.2) is 57.9 Å². The van der Waals surface area contributed by atoms with Crippen LogP contribution in [0, 0.1) is 6.92 Å². The number of nitrogens with zero attached hydrogens (tertiary/aromatic N) is 1. The Balaban J connectivity index is 0.000000980. The predicted octanol–water partition coefficient (Wildman–Crippen LogP) is -1.38. The summed E-state index contributed by atoms with van der Waals surface area (Å²) in [4.78, 5) is 0. The van der Waals surface area contributed by atoms with E-state index in [1.54, 1.807) is 12.1 Å². The minimum atomic E-state index is -0.649. The molecule has 2 aliphatic rings. The van der Waals surface area contributed by atoms with Gasteiger partial charge in [0.15, 0.2) is 0 Å². The fourth-order valence-electron chi connectivity index (χ4n) is 4.16. The minimum absolute atomic E-state index is 0. The van der Waals surface area contributed by atoms with Gasteiger partial charge in [-0.2, -0.15) is 0 Å². The van der Waals surface area contributed by atoms with E-state index in [0.717, 1.165) is 6.42 Å². The molecule has 0 bridgehead atoms. The maximum absolute atomic E-state index is 2.40. The van der Waals surface area contributed by atoms with Crippen LogP contribution in [0.5, 0.6) is 0 Å². The van der Waals surface area contributed by atoms with Gasteiger partial charge in [0.25, 0.3) is 0 Å². The Kier molecular flexibility index (Phi) is 5.68. The fourth-order valence-corrected chi connectivity index (χ4v) is 7.36. The summed E-state index contributed by atoms with van der Waals surface area (Å²) in [5.41, 5.74) is 8.80. The molecule has 130 valence electrons. The van der Waals surface area contributed by atoms with Crippen molar-refractivity contribution in [3.8, 4) is 11.3 Å². The zero-order chi connectivity index (χ0) is 16.3. The molecule has 0 saturated carbocycles. The van der Waals surface area contributed by atoms with E-state index in [-0.39, 0.29) is 24.8 Å². The topological polar surface area (TPSA) is 4.93 Å². The maximum Gasteiger partial charge on any atom is -1.00 e. The number of halogens is 2. The Morgan fingerprint density at radius 1 is 1.04 bits per heavy atom. The molecule has 26 heavy (non-hydrogen) atoms. The summed E-state index contributed by atoms with van der Waals surface area (Å²) in [7, 11) is 2.22. The van der Waals surface area contributed by atoms with Crippen molar-refractivity contribution in [3.05, 3.63) is 74.6 Å².